The molecule has 1 saturated carbocycles. The Balaban J connectivity index is 1.50. The summed E-state index contributed by atoms with van der Waals surface area (Å²) in [6, 6.07) is 6.10. The minimum absolute atomic E-state index is 0.0609. The number of benzene rings is 1. The van der Waals surface area contributed by atoms with Crippen LogP contribution < -0.4 is 4.74 Å². The van der Waals surface area contributed by atoms with E-state index in [-0.39, 0.29) is 24.8 Å². The van der Waals surface area contributed by atoms with E-state index in [9.17, 15) is 9.90 Å². The minimum atomic E-state index is -0.451. The smallest absolute Gasteiger partial charge is 0.344 e. The number of unbranched alkanes of at least 4 members (excludes halogenated alkanes) is 2. The maximum atomic E-state index is 12.2. The highest BCUT2D eigenvalue weighted by atomic mass is 16.6. The number of fused-ring (bicyclic) bond motifs is 1. The number of ether oxygens (including phenoxy) is 3. The van der Waals surface area contributed by atoms with Crippen molar-refractivity contribution in [2.45, 2.75) is 70.2 Å². The summed E-state index contributed by atoms with van der Waals surface area (Å²) >= 11 is 0. The van der Waals surface area contributed by atoms with Gasteiger partial charge in [-0.3, -0.25) is 0 Å². The maximum Gasteiger partial charge on any atom is 0.344 e. The van der Waals surface area contributed by atoms with Gasteiger partial charge < -0.3 is 19.3 Å². The Bertz CT molecular complexity index is 673. The molecular formula is C22H30O5. The van der Waals surface area contributed by atoms with Gasteiger partial charge in [-0.1, -0.05) is 38.3 Å². The molecule has 1 aromatic carbocycles. The van der Waals surface area contributed by atoms with E-state index in [1.165, 1.54) is 11.1 Å². The van der Waals surface area contributed by atoms with Gasteiger partial charge in [0.25, 0.3) is 0 Å². The van der Waals surface area contributed by atoms with Crippen LogP contribution in [0.15, 0.2) is 18.2 Å². The molecule has 148 valence electrons. The Labute approximate surface area is 161 Å². The SMILES string of the molecule is CCCCC[C@H](O)CO[C@@H]1[C@H]2Cc3cccc4c3C[C@H]2C[C@H]1OC(=O)CO4. The summed E-state index contributed by atoms with van der Waals surface area (Å²) in [5, 5.41) is 10.3. The van der Waals surface area contributed by atoms with E-state index in [0.717, 1.165) is 50.7 Å². The van der Waals surface area contributed by atoms with E-state index in [1.807, 2.05) is 12.1 Å². The molecule has 0 saturated heterocycles. The molecule has 5 nitrogen and oxygen atoms in total. The van der Waals surface area contributed by atoms with Crippen LogP contribution in [0.1, 0.15) is 50.2 Å². The Kier molecular flexibility index (Phi) is 5.69. The van der Waals surface area contributed by atoms with E-state index in [1.54, 1.807) is 0 Å². The summed E-state index contributed by atoms with van der Waals surface area (Å²) in [4.78, 5) is 12.2. The first-order chi connectivity index (χ1) is 13.2. The average Bonchev–Trinajstić information content (AvgIpc) is 2.98. The van der Waals surface area contributed by atoms with Crippen molar-refractivity contribution in [1.82, 2.24) is 0 Å². The van der Waals surface area contributed by atoms with Crippen LogP contribution in [0.5, 0.6) is 5.75 Å². The molecule has 0 amide bonds. The van der Waals surface area contributed by atoms with Crippen LogP contribution in [0.4, 0.5) is 0 Å². The van der Waals surface area contributed by atoms with Crippen molar-refractivity contribution in [3.63, 3.8) is 0 Å². The van der Waals surface area contributed by atoms with Crippen molar-refractivity contribution in [1.29, 1.82) is 0 Å². The molecule has 0 radical (unpaired) electrons. The molecule has 1 heterocycles. The number of rotatable bonds is 7. The predicted octanol–water partition coefficient (Wildman–Crippen LogP) is 3.05. The zero-order valence-corrected chi connectivity index (χ0v) is 16.1. The summed E-state index contributed by atoms with van der Waals surface area (Å²) in [7, 11) is 0. The van der Waals surface area contributed by atoms with Gasteiger partial charge in [-0.05, 0) is 54.7 Å². The van der Waals surface area contributed by atoms with E-state index < -0.39 is 6.10 Å². The summed E-state index contributed by atoms with van der Waals surface area (Å²) in [5.41, 5.74) is 2.54. The van der Waals surface area contributed by atoms with E-state index in [4.69, 9.17) is 14.2 Å². The first-order valence-corrected chi connectivity index (χ1v) is 10.4. The summed E-state index contributed by atoms with van der Waals surface area (Å²) in [6.45, 7) is 2.41. The Morgan fingerprint density at radius 3 is 3.04 bits per heavy atom. The average molecular weight is 374 g/mol. The number of carbonyl (C=O) groups excluding carboxylic acids is 1. The lowest BCUT2D eigenvalue weighted by atomic mass is 9.77. The Morgan fingerprint density at radius 1 is 1.30 bits per heavy atom. The first-order valence-electron chi connectivity index (χ1n) is 10.4. The fraction of sp³-hybridized carbons (Fsp3) is 0.682. The van der Waals surface area contributed by atoms with Crippen molar-refractivity contribution >= 4 is 5.97 Å². The highest BCUT2D eigenvalue weighted by Gasteiger charge is 2.49. The van der Waals surface area contributed by atoms with Crippen molar-refractivity contribution in [3.8, 4) is 5.75 Å². The van der Waals surface area contributed by atoms with E-state index in [2.05, 4.69) is 13.0 Å². The normalized spacial score (nSPS) is 29.9. The van der Waals surface area contributed by atoms with Gasteiger partial charge in [-0.2, -0.15) is 0 Å². The van der Waals surface area contributed by atoms with Crippen LogP contribution >= 0.6 is 0 Å². The summed E-state index contributed by atoms with van der Waals surface area (Å²) in [5.74, 6) is 1.24. The van der Waals surface area contributed by atoms with Crippen LogP contribution in [-0.4, -0.2) is 42.6 Å². The molecule has 1 aromatic rings. The molecule has 1 N–H and O–H groups in total. The van der Waals surface area contributed by atoms with Gasteiger partial charge in [-0.25, -0.2) is 4.79 Å². The standard InChI is InChI=1S/C22H30O5/c1-2-3-4-7-16(23)12-26-22-18-9-14-6-5-8-19-17(14)10-15(18)11-20(22)27-21(24)13-25-19/h5-6,8,15-16,18,20,22-23H,2-4,7,9-13H2,1H3/t15-,16-,18-,20+,22+/m0/s1. The topological polar surface area (TPSA) is 65.0 Å². The van der Waals surface area contributed by atoms with Crippen molar-refractivity contribution in [3.05, 3.63) is 29.3 Å². The zero-order valence-electron chi connectivity index (χ0n) is 16.1. The van der Waals surface area contributed by atoms with Gasteiger partial charge in [0.2, 0.25) is 0 Å². The van der Waals surface area contributed by atoms with Crippen LogP contribution in [0.25, 0.3) is 0 Å². The molecule has 1 aliphatic heterocycles. The van der Waals surface area contributed by atoms with E-state index in [0.29, 0.717) is 18.4 Å². The predicted molar refractivity (Wildman–Crippen MR) is 101 cm³/mol. The first kappa shape index (κ1) is 18.8. The zero-order chi connectivity index (χ0) is 18.8. The van der Waals surface area contributed by atoms with Crippen LogP contribution in [0.2, 0.25) is 0 Å². The fourth-order valence-corrected chi connectivity index (χ4v) is 4.98. The second-order valence-electron chi connectivity index (χ2n) is 8.23. The van der Waals surface area contributed by atoms with E-state index >= 15 is 0 Å². The molecule has 3 aliphatic rings. The summed E-state index contributed by atoms with van der Waals surface area (Å²) in [6.07, 6.45) is 5.92. The lowest BCUT2D eigenvalue weighted by Crippen LogP contribution is -2.37. The quantitative estimate of drug-likeness (QED) is 0.587. The second kappa shape index (κ2) is 8.19. The molecule has 1 fully saturated rings. The number of esters is 1. The Morgan fingerprint density at radius 2 is 2.19 bits per heavy atom. The third kappa shape index (κ3) is 3.99. The fourth-order valence-electron chi connectivity index (χ4n) is 4.98. The number of hydrogen-bond donors (Lipinski definition) is 1. The number of aliphatic hydroxyl groups excluding tert-OH is 1. The molecule has 0 unspecified atom stereocenters. The minimum Gasteiger partial charge on any atom is -0.482 e. The Hall–Kier alpha value is -1.59. The molecule has 27 heavy (non-hydrogen) atoms. The molecule has 2 aliphatic carbocycles. The molecule has 0 spiro atoms. The molecule has 4 rings (SSSR count). The molecular weight excluding hydrogens is 344 g/mol. The van der Waals surface area contributed by atoms with Crippen LogP contribution in [0, 0.1) is 11.8 Å². The van der Waals surface area contributed by atoms with Gasteiger partial charge in [0, 0.05) is 0 Å². The summed E-state index contributed by atoms with van der Waals surface area (Å²) < 4.78 is 17.6. The van der Waals surface area contributed by atoms with Gasteiger partial charge in [0.1, 0.15) is 11.9 Å². The number of aliphatic hydroxyl groups is 1. The van der Waals surface area contributed by atoms with Crippen molar-refractivity contribution in [2.75, 3.05) is 13.2 Å². The van der Waals surface area contributed by atoms with Gasteiger partial charge in [0.15, 0.2) is 6.61 Å². The molecule has 3 bridgehead atoms. The molecule has 5 atom stereocenters. The number of carbonyl (C=O) groups is 1. The molecule has 0 aromatic heterocycles. The van der Waals surface area contributed by atoms with Gasteiger partial charge >= 0.3 is 5.97 Å². The highest BCUT2D eigenvalue weighted by Crippen LogP contribution is 2.46. The second-order valence-corrected chi connectivity index (χ2v) is 8.23. The highest BCUT2D eigenvalue weighted by molar-refractivity contribution is 5.71. The van der Waals surface area contributed by atoms with Crippen LogP contribution in [-0.2, 0) is 27.1 Å². The number of hydrogen-bond acceptors (Lipinski definition) is 5. The monoisotopic (exact) mass is 374 g/mol. The largest absolute Gasteiger partial charge is 0.482 e. The van der Waals surface area contributed by atoms with Gasteiger partial charge in [-0.15, -0.1) is 0 Å². The maximum absolute atomic E-state index is 12.2. The third-order valence-corrected chi connectivity index (χ3v) is 6.33. The molecule has 5 heteroatoms. The van der Waals surface area contributed by atoms with Crippen molar-refractivity contribution < 1.29 is 24.1 Å². The lowest BCUT2D eigenvalue weighted by molar-refractivity contribution is -0.160. The van der Waals surface area contributed by atoms with Crippen molar-refractivity contribution in [2.24, 2.45) is 11.8 Å². The lowest BCUT2D eigenvalue weighted by Gasteiger charge is -2.32. The third-order valence-electron chi connectivity index (χ3n) is 6.33. The van der Waals surface area contributed by atoms with Crippen LogP contribution in [0.3, 0.4) is 0 Å². The van der Waals surface area contributed by atoms with Gasteiger partial charge in [0.05, 0.1) is 18.8 Å².